The van der Waals surface area contributed by atoms with E-state index < -0.39 is 23.5 Å². The number of hydrogen-bond donors (Lipinski definition) is 1. The van der Waals surface area contributed by atoms with E-state index in [9.17, 15) is 22.8 Å². The number of ether oxygens (including phenoxy) is 1. The Kier molecular flexibility index (Phi) is 4.39. The fourth-order valence-electron chi connectivity index (χ4n) is 3.75. The van der Waals surface area contributed by atoms with Crippen molar-refractivity contribution in [2.45, 2.75) is 45.5 Å². The molecule has 0 bridgehead atoms. The summed E-state index contributed by atoms with van der Waals surface area (Å²) in [7, 11) is 0. The molecule has 0 aromatic carbocycles. The predicted molar refractivity (Wildman–Crippen MR) is 88.5 cm³/mol. The van der Waals surface area contributed by atoms with Gasteiger partial charge in [0.1, 0.15) is 5.82 Å². The van der Waals surface area contributed by atoms with Crippen molar-refractivity contribution >= 4 is 11.9 Å². The first-order valence-corrected chi connectivity index (χ1v) is 9.00. The molecule has 0 saturated carbocycles. The van der Waals surface area contributed by atoms with Crippen molar-refractivity contribution < 1.29 is 27.5 Å². The smallest absolute Gasteiger partial charge is 0.435 e. The molecule has 0 atom stereocenters. The molecular weight excluding hydrogens is 379 g/mol. The monoisotopic (exact) mass is 397 g/mol. The first-order valence-electron chi connectivity index (χ1n) is 9.00. The molecule has 1 aliphatic carbocycles. The summed E-state index contributed by atoms with van der Waals surface area (Å²) in [4.78, 5) is 30.0. The number of carbonyl (C=O) groups excluding carboxylic acids is 2. The van der Waals surface area contributed by atoms with Crippen molar-refractivity contribution in [2.75, 3.05) is 13.2 Å². The Morgan fingerprint density at radius 1 is 1.25 bits per heavy atom. The summed E-state index contributed by atoms with van der Waals surface area (Å²) in [6, 6.07) is 0. The van der Waals surface area contributed by atoms with Crippen LogP contribution in [0.1, 0.15) is 57.1 Å². The van der Waals surface area contributed by atoms with Gasteiger partial charge in [0.25, 0.3) is 5.91 Å². The Labute approximate surface area is 157 Å². The van der Waals surface area contributed by atoms with Gasteiger partial charge in [0.05, 0.1) is 13.2 Å². The highest BCUT2D eigenvalue weighted by Gasteiger charge is 2.43. The third-order valence-electron chi connectivity index (χ3n) is 5.01. The number of carbonyl (C=O) groups is 2. The number of amides is 1. The summed E-state index contributed by atoms with van der Waals surface area (Å²) in [6.45, 7) is 1.49. The maximum Gasteiger partial charge on any atom is 0.435 e. The number of nitrogens with one attached hydrogen (secondary N) is 1. The second-order valence-corrected chi connectivity index (χ2v) is 6.70. The van der Waals surface area contributed by atoms with Crippen LogP contribution >= 0.6 is 0 Å². The van der Waals surface area contributed by atoms with Crippen molar-refractivity contribution in [2.24, 2.45) is 0 Å². The van der Waals surface area contributed by atoms with E-state index in [1.54, 1.807) is 0 Å². The Morgan fingerprint density at radius 3 is 2.75 bits per heavy atom. The molecule has 0 spiro atoms. The van der Waals surface area contributed by atoms with E-state index in [1.165, 1.54) is 16.4 Å². The van der Waals surface area contributed by atoms with E-state index in [-0.39, 0.29) is 38.0 Å². The average molecular weight is 397 g/mol. The zero-order chi connectivity index (χ0) is 20.1. The van der Waals surface area contributed by atoms with Gasteiger partial charge in [-0.15, -0.1) is 0 Å². The summed E-state index contributed by atoms with van der Waals surface area (Å²) in [5.41, 5.74) is 0.232. The van der Waals surface area contributed by atoms with Gasteiger partial charge in [-0.3, -0.25) is 9.89 Å². The average Bonchev–Trinajstić information content (AvgIpc) is 3.33. The predicted octanol–water partition coefficient (Wildman–Crippen LogP) is 1.95. The molecule has 11 heteroatoms. The van der Waals surface area contributed by atoms with Gasteiger partial charge in [-0.05, 0) is 26.2 Å². The molecule has 4 rings (SSSR count). The Morgan fingerprint density at radius 2 is 2.04 bits per heavy atom. The quantitative estimate of drug-likeness (QED) is 0.799. The number of hydrogen-bond acceptors (Lipinski definition) is 5. The lowest BCUT2D eigenvalue weighted by molar-refractivity contribution is -0.141. The van der Waals surface area contributed by atoms with Crippen LogP contribution in [-0.2, 0) is 36.8 Å². The number of fused-ring (bicyclic) bond motifs is 2. The highest BCUT2D eigenvalue weighted by atomic mass is 19.4. The highest BCUT2D eigenvalue weighted by Crippen LogP contribution is 2.34. The van der Waals surface area contributed by atoms with Crippen LogP contribution < -0.4 is 0 Å². The number of nitrogens with zero attached hydrogens (tertiary/aromatic N) is 4. The molecule has 0 unspecified atom stereocenters. The molecule has 1 amide bonds. The van der Waals surface area contributed by atoms with Gasteiger partial charge in [0.2, 0.25) is 0 Å². The SMILES string of the molecule is CCOC(=O)c1c(C(F)(F)F)nc2n1CCN(C(=O)c1n[nH]c3c1CCC3)C2. The van der Waals surface area contributed by atoms with Crippen LogP contribution in [0.5, 0.6) is 0 Å². The minimum absolute atomic E-state index is 0.00200. The second-order valence-electron chi connectivity index (χ2n) is 6.70. The van der Waals surface area contributed by atoms with Crippen molar-refractivity contribution in [3.05, 3.63) is 34.2 Å². The zero-order valence-electron chi connectivity index (χ0n) is 15.1. The van der Waals surface area contributed by atoms with Crippen LogP contribution in [0.2, 0.25) is 0 Å². The lowest BCUT2D eigenvalue weighted by Crippen LogP contribution is -2.39. The largest absolute Gasteiger partial charge is 0.461 e. The van der Waals surface area contributed by atoms with E-state index in [1.807, 2.05) is 0 Å². The third-order valence-corrected chi connectivity index (χ3v) is 5.01. The maximum atomic E-state index is 13.4. The first-order chi connectivity index (χ1) is 13.3. The molecule has 0 fully saturated rings. The van der Waals surface area contributed by atoms with Gasteiger partial charge in [0.15, 0.2) is 17.1 Å². The van der Waals surface area contributed by atoms with Crippen molar-refractivity contribution in [1.82, 2.24) is 24.6 Å². The van der Waals surface area contributed by atoms with Crippen molar-refractivity contribution in [3.63, 3.8) is 0 Å². The van der Waals surface area contributed by atoms with Gasteiger partial charge in [-0.25, -0.2) is 9.78 Å². The summed E-state index contributed by atoms with van der Waals surface area (Å²) < 4.78 is 46.1. The summed E-state index contributed by atoms with van der Waals surface area (Å²) in [5, 5.41) is 6.95. The molecular formula is C17H18F3N5O3. The number of aromatic nitrogens is 4. The first kappa shape index (κ1) is 18.5. The minimum atomic E-state index is -4.80. The maximum absolute atomic E-state index is 13.4. The molecule has 2 aliphatic rings. The van der Waals surface area contributed by atoms with Gasteiger partial charge in [-0.1, -0.05) is 0 Å². The Balaban J connectivity index is 1.65. The molecule has 1 aliphatic heterocycles. The summed E-state index contributed by atoms with van der Waals surface area (Å²) in [5.74, 6) is -1.42. The van der Waals surface area contributed by atoms with Crippen LogP contribution in [0, 0.1) is 0 Å². The lowest BCUT2D eigenvalue weighted by Gasteiger charge is -2.28. The molecule has 150 valence electrons. The van der Waals surface area contributed by atoms with Crippen LogP contribution in [0.25, 0.3) is 0 Å². The molecule has 28 heavy (non-hydrogen) atoms. The normalized spacial score (nSPS) is 16.1. The molecule has 2 aromatic heterocycles. The molecule has 1 N–H and O–H groups in total. The number of aryl methyl sites for hydroxylation is 1. The van der Waals surface area contributed by atoms with E-state index in [0.29, 0.717) is 5.69 Å². The van der Waals surface area contributed by atoms with E-state index in [4.69, 9.17) is 4.74 Å². The Hall–Kier alpha value is -2.85. The van der Waals surface area contributed by atoms with Crippen LogP contribution in [-0.4, -0.2) is 49.7 Å². The minimum Gasteiger partial charge on any atom is -0.461 e. The number of H-pyrrole nitrogens is 1. The molecule has 8 nitrogen and oxygen atoms in total. The number of aromatic amines is 1. The van der Waals surface area contributed by atoms with E-state index in [0.717, 1.165) is 30.5 Å². The lowest BCUT2D eigenvalue weighted by atomic mass is 10.1. The molecule has 3 heterocycles. The fraction of sp³-hybridized carbons (Fsp3) is 0.529. The summed E-state index contributed by atoms with van der Waals surface area (Å²) in [6.07, 6.45) is -2.28. The van der Waals surface area contributed by atoms with Crippen LogP contribution in [0.15, 0.2) is 0 Å². The van der Waals surface area contributed by atoms with Gasteiger partial charge >= 0.3 is 12.1 Å². The zero-order valence-corrected chi connectivity index (χ0v) is 15.1. The van der Waals surface area contributed by atoms with Crippen molar-refractivity contribution in [1.29, 1.82) is 0 Å². The summed E-state index contributed by atoms with van der Waals surface area (Å²) >= 11 is 0. The molecule has 0 saturated heterocycles. The highest BCUT2D eigenvalue weighted by molar-refractivity contribution is 5.94. The van der Waals surface area contributed by atoms with E-state index in [2.05, 4.69) is 15.2 Å². The van der Waals surface area contributed by atoms with Gasteiger partial charge in [-0.2, -0.15) is 18.3 Å². The molecule has 2 aromatic rings. The van der Waals surface area contributed by atoms with E-state index >= 15 is 0 Å². The Bertz CT molecular complexity index is 947. The number of rotatable bonds is 3. The number of alkyl halides is 3. The van der Waals surface area contributed by atoms with Gasteiger partial charge in [0, 0.05) is 24.3 Å². The number of halogens is 3. The second kappa shape index (κ2) is 6.64. The number of esters is 1. The van der Waals surface area contributed by atoms with Gasteiger partial charge < -0.3 is 14.2 Å². The third kappa shape index (κ3) is 2.94. The standard InChI is InChI=1S/C17H18F3N5O3/c1-2-28-16(27)13-14(17(18,19)20)21-11-8-24(6-7-25(11)13)15(26)12-9-4-3-5-10(9)22-23-12/h2-8H2,1H3,(H,22,23). The van der Waals surface area contributed by atoms with Crippen molar-refractivity contribution in [3.8, 4) is 0 Å². The van der Waals surface area contributed by atoms with Crippen LogP contribution in [0.3, 0.4) is 0 Å². The fourth-order valence-corrected chi connectivity index (χ4v) is 3.75. The topological polar surface area (TPSA) is 93.1 Å². The van der Waals surface area contributed by atoms with Crippen LogP contribution in [0.4, 0.5) is 13.2 Å². The molecule has 0 radical (unpaired) electrons. The number of imidazole rings is 1.